The Morgan fingerprint density at radius 3 is 2.07 bits per heavy atom. The van der Waals surface area contributed by atoms with Crippen molar-refractivity contribution in [2.45, 2.75) is 10.1 Å². The molecule has 1 atom stereocenters. The molecule has 0 aliphatic heterocycles. The van der Waals surface area contributed by atoms with E-state index in [1.54, 1.807) is 31.3 Å². The van der Waals surface area contributed by atoms with Crippen molar-refractivity contribution in [1.82, 2.24) is 0 Å². The number of carbonyl (C=O) groups is 2. The van der Waals surface area contributed by atoms with Crippen molar-refractivity contribution in [2.75, 3.05) is 24.4 Å². The summed E-state index contributed by atoms with van der Waals surface area (Å²) in [5.41, 5.74) is 2.26. The summed E-state index contributed by atoms with van der Waals surface area (Å²) in [6, 6.07) is 26.6. The summed E-state index contributed by atoms with van der Waals surface area (Å²) in [6.45, 7) is 0. The first-order valence-electron chi connectivity index (χ1n) is 9.07. The molecule has 3 aromatic rings. The van der Waals surface area contributed by atoms with Crippen LogP contribution in [-0.4, -0.2) is 26.2 Å². The molecular weight excluding hydrogens is 384 g/mol. The zero-order chi connectivity index (χ0) is 20.6. The standard InChI is InChI=1S/C23H22N2O3S/c1-25(23(27)28-2)19-15-13-18(14-16-19)24-22(26)21(17-9-5-3-6-10-17)29-20-11-7-4-8-12-20/h3-16,21H,1-2H3,(H,24,26). The summed E-state index contributed by atoms with van der Waals surface area (Å²) < 4.78 is 4.71. The Bertz CT molecular complexity index is 947. The highest BCUT2D eigenvalue weighted by molar-refractivity contribution is 8.00. The number of ether oxygens (including phenoxy) is 1. The number of hydrogen-bond acceptors (Lipinski definition) is 4. The van der Waals surface area contributed by atoms with E-state index in [0.717, 1.165) is 10.5 Å². The maximum atomic E-state index is 13.1. The van der Waals surface area contributed by atoms with Crippen molar-refractivity contribution in [2.24, 2.45) is 0 Å². The van der Waals surface area contributed by atoms with Gasteiger partial charge in [-0.1, -0.05) is 48.5 Å². The Labute approximate surface area is 174 Å². The minimum atomic E-state index is -0.454. The fourth-order valence-corrected chi connectivity index (χ4v) is 3.80. The van der Waals surface area contributed by atoms with Gasteiger partial charge in [-0.15, -0.1) is 11.8 Å². The van der Waals surface area contributed by atoms with Crippen LogP contribution in [0.3, 0.4) is 0 Å². The molecule has 5 nitrogen and oxygen atoms in total. The van der Waals surface area contributed by atoms with Crippen LogP contribution >= 0.6 is 11.8 Å². The zero-order valence-corrected chi connectivity index (χ0v) is 17.1. The number of thioether (sulfide) groups is 1. The van der Waals surface area contributed by atoms with E-state index in [4.69, 9.17) is 4.74 Å². The van der Waals surface area contributed by atoms with Gasteiger partial charge in [0.2, 0.25) is 5.91 Å². The molecule has 0 bridgehead atoms. The van der Waals surface area contributed by atoms with Gasteiger partial charge in [-0.2, -0.15) is 0 Å². The van der Waals surface area contributed by atoms with Gasteiger partial charge in [0.1, 0.15) is 5.25 Å². The highest BCUT2D eigenvalue weighted by Crippen LogP contribution is 2.36. The molecule has 3 rings (SSSR count). The Hall–Kier alpha value is -3.25. The van der Waals surface area contributed by atoms with Gasteiger partial charge in [-0.25, -0.2) is 4.79 Å². The molecule has 3 aromatic carbocycles. The van der Waals surface area contributed by atoms with Crippen LogP contribution in [0.15, 0.2) is 89.8 Å². The molecule has 0 heterocycles. The van der Waals surface area contributed by atoms with Gasteiger partial charge in [0.15, 0.2) is 0 Å². The van der Waals surface area contributed by atoms with Crippen molar-refractivity contribution < 1.29 is 14.3 Å². The summed E-state index contributed by atoms with van der Waals surface area (Å²) in [4.78, 5) is 27.1. The Morgan fingerprint density at radius 2 is 1.48 bits per heavy atom. The molecule has 0 radical (unpaired) electrons. The van der Waals surface area contributed by atoms with Crippen molar-refractivity contribution in [3.63, 3.8) is 0 Å². The van der Waals surface area contributed by atoms with Crippen molar-refractivity contribution >= 4 is 35.1 Å². The second-order valence-electron chi connectivity index (χ2n) is 6.29. The van der Waals surface area contributed by atoms with Crippen LogP contribution in [0, 0.1) is 0 Å². The normalized spacial score (nSPS) is 11.4. The van der Waals surface area contributed by atoms with E-state index in [9.17, 15) is 9.59 Å². The summed E-state index contributed by atoms with van der Waals surface area (Å²) in [5, 5.41) is 2.58. The Morgan fingerprint density at radius 1 is 0.897 bits per heavy atom. The summed E-state index contributed by atoms with van der Waals surface area (Å²) in [7, 11) is 2.96. The molecule has 0 fully saturated rings. The molecular formula is C23H22N2O3S. The van der Waals surface area contributed by atoms with Gasteiger partial charge >= 0.3 is 6.09 Å². The van der Waals surface area contributed by atoms with Crippen molar-refractivity contribution in [3.8, 4) is 0 Å². The molecule has 1 unspecified atom stereocenters. The number of nitrogens with zero attached hydrogens (tertiary/aromatic N) is 1. The third kappa shape index (κ3) is 5.39. The van der Waals surface area contributed by atoms with E-state index in [1.165, 1.54) is 23.8 Å². The van der Waals surface area contributed by atoms with Crippen molar-refractivity contribution in [1.29, 1.82) is 0 Å². The first kappa shape index (κ1) is 20.5. The molecule has 6 heteroatoms. The summed E-state index contributed by atoms with van der Waals surface area (Å²) in [5.74, 6) is -0.112. The number of methoxy groups -OCH3 is 1. The first-order valence-corrected chi connectivity index (χ1v) is 9.95. The monoisotopic (exact) mass is 406 g/mol. The van der Waals surface area contributed by atoms with Crippen LogP contribution in [0.2, 0.25) is 0 Å². The summed E-state index contributed by atoms with van der Waals surface area (Å²) >= 11 is 1.50. The molecule has 0 saturated carbocycles. The molecule has 29 heavy (non-hydrogen) atoms. The highest BCUT2D eigenvalue weighted by Gasteiger charge is 2.22. The molecule has 1 N–H and O–H groups in total. The minimum Gasteiger partial charge on any atom is -0.452 e. The Kier molecular flexibility index (Phi) is 6.92. The topological polar surface area (TPSA) is 58.6 Å². The number of anilines is 2. The average molecular weight is 407 g/mol. The van der Waals surface area contributed by atoms with Crippen LogP contribution in [-0.2, 0) is 9.53 Å². The first-order chi connectivity index (χ1) is 14.1. The quantitative estimate of drug-likeness (QED) is 0.560. The molecule has 0 aliphatic rings. The van der Waals surface area contributed by atoms with Gasteiger partial charge in [0.25, 0.3) is 0 Å². The molecule has 0 aliphatic carbocycles. The SMILES string of the molecule is COC(=O)N(C)c1ccc(NC(=O)C(Sc2ccccc2)c2ccccc2)cc1. The number of carbonyl (C=O) groups excluding carboxylic acids is 2. The van der Waals surface area contributed by atoms with Gasteiger partial charge in [-0.05, 0) is 42.0 Å². The lowest BCUT2D eigenvalue weighted by atomic mass is 10.1. The van der Waals surface area contributed by atoms with Crippen LogP contribution < -0.4 is 10.2 Å². The predicted molar refractivity (Wildman–Crippen MR) is 117 cm³/mol. The van der Waals surface area contributed by atoms with Crippen LogP contribution in [0.4, 0.5) is 16.2 Å². The van der Waals surface area contributed by atoms with Crippen LogP contribution in [0.25, 0.3) is 0 Å². The summed E-state index contributed by atoms with van der Waals surface area (Å²) in [6.07, 6.45) is -0.454. The predicted octanol–water partition coefficient (Wildman–Crippen LogP) is 5.36. The van der Waals surface area contributed by atoms with E-state index < -0.39 is 11.3 Å². The maximum absolute atomic E-state index is 13.1. The highest BCUT2D eigenvalue weighted by atomic mass is 32.2. The van der Waals surface area contributed by atoms with Gasteiger partial charge in [0, 0.05) is 23.3 Å². The lowest BCUT2D eigenvalue weighted by Gasteiger charge is -2.18. The average Bonchev–Trinajstić information content (AvgIpc) is 2.78. The van der Waals surface area contributed by atoms with Gasteiger partial charge in [0.05, 0.1) is 7.11 Å². The third-order valence-corrected chi connectivity index (χ3v) is 5.57. The fourth-order valence-electron chi connectivity index (χ4n) is 2.75. The van der Waals surface area contributed by atoms with Gasteiger partial charge < -0.3 is 10.1 Å². The van der Waals surface area contributed by atoms with E-state index in [0.29, 0.717) is 11.4 Å². The van der Waals surface area contributed by atoms with E-state index >= 15 is 0 Å². The molecule has 2 amide bonds. The minimum absolute atomic E-state index is 0.112. The van der Waals surface area contributed by atoms with E-state index in [1.807, 2.05) is 60.7 Å². The van der Waals surface area contributed by atoms with Crippen LogP contribution in [0.5, 0.6) is 0 Å². The number of nitrogens with one attached hydrogen (secondary N) is 1. The zero-order valence-electron chi connectivity index (χ0n) is 16.2. The molecule has 0 aromatic heterocycles. The third-order valence-electron chi connectivity index (χ3n) is 4.31. The van der Waals surface area contributed by atoms with Crippen molar-refractivity contribution in [3.05, 3.63) is 90.5 Å². The van der Waals surface area contributed by atoms with Gasteiger partial charge in [-0.3, -0.25) is 9.69 Å². The molecule has 148 valence electrons. The lowest BCUT2D eigenvalue weighted by molar-refractivity contribution is -0.115. The molecule has 0 saturated heterocycles. The maximum Gasteiger partial charge on any atom is 0.413 e. The van der Waals surface area contributed by atoms with E-state index in [2.05, 4.69) is 5.32 Å². The smallest absolute Gasteiger partial charge is 0.413 e. The largest absolute Gasteiger partial charge is 0.452 e. The fraction of sp³-hybridized carbons (Fsp3) is 0.130. The second-order valence-corrected chi connectivity index (χ2v) is 7.47. The second kappa shape index (κ2) is 9.80. The number of hydrogen-bond donors (Lipinski definition) is 1. The molecule has 0 spiro atoms. The Balaban J connectivity index is 1.77. The van der Waals surface area contributed by atoms with E-state index in [-0.39, 0.29) is 5.91 Å². The lowest BCUT2D eigenvalue weighted by Crippen LogP contribution is -2.25. The number of benzene rings is 3. The van der Waals surface area contributed by atoms with Crippen LogP contribution in [0.1, 0.15) is 10.8 Å². The number of amides is 2. The number of rotatable bonds is 6.